The monoisotopic (exact) mass is 298 g/mol. The molecular formula is C12H18ClF3N2O. The minimum Gasteiger partial charge on any atom is -0.496 e. The molecule has 1 aromatic rings. The topological polar surface area (TPSA) is 61.3 Å². The molecule has 0 spiro atoms. The summed E-state index contributed by atoms with van der Waals surface area (Å²) in [6.07, 6.45) is -3.06. The first-order valence-corrected chi connectivity index (χ1v) is 5.61. The first-order chi connectivity index (χ1) is 8.40. The van der Waals surface area contributed by atoms with Crippen molar-refractivity contribution >= 4 is 12.4 Å². The molecule has 0 saturated carbocycles. The van der Waals surface area contributed by atoms with Gasteiger partial charge in [0.1, 0.15) is 5.75 Å². The minimum atomic E-state index is -4.38. The van der Waals surface area contributed by atoms with Gasteiger partial charge in [-0.05, 0) is 31.5 Å². The molecule has 0 aliphatic carbocycles. The van der Waals surface area contributed by atoms with Crippen molar-refractivity contribution in [3.05, 3.63) is 29.3 Å². The number of rotatable bonds is 5. The number of hydrogen-bond donors (Lipinski definition) is 2. The fraction of sp³-hybridized carbons (Fsp3) is 0.500. The van der Waals surface area contributed by atoms with Gasteiger partial charge >= 0.3 is 6.18 Å². The molecule has 1 atom stereocenters. The summed E-state index contributed by atoms with van der Waals surface area (Å²) in [5, 5.41) is 0. The Balaban J connectivity index is 0.00000324. The van der Waals surface area contributed by atoms with Crippen molar-refractivity contribution in [2.24, 2.45) is 11.5 Å². The van der Waals surface area contributed by atoms with Crippen LogP contribution in [-0.4, -0.2) is 13.7 Å². The van der Waals surface area contributed by atoms with Gasteiger partial charge in [-0.2, -0.15) is 13.2 Å². The Hall–Kier alpha value is -0.980. The molecule has 1 aromatic carbocycles. The zero-order chi connectivity index (χ0) is 13.8. The molecule has 0 heterocycles. The van der Waals surface area contributed by atoms with Crippen molar-refractivity contribution in [2.75, 3.05) is 13.7 Å². The second-order valence-electron chi connectivity index (χ2n) is 3.99. The average Bonchev–Trinajstić information content (AvgIpc) is 2.34. The molecule has 0 saturated heterocycles. The number of methoxy groups -OCH3 is 1. The normalized spacial score (nSPS) is 12.7. The predicted octanol–water partition coefficient (Wildman–Crippen LogP) is 2.87. The van der Waals surface area contributed by atoms with Crippen molar-refractivity contribution in [1.29, 1.82) is 0 Å². The molecule has 0 fully saturated rings. The van der Waals surface area contributed by atoms with E-state index in [4.69, 9.17) is 16.2 Å². The van der Waals surface area contributed by atoms with Crippen molar-refractivity contribution in [1.82, 2.24) is 0 Å². The Morgan fingerprint density at radius 2 is 1.95 bits per heavy atom. The van der Waals surface area contributed by atoms with Gasteiger partial charge in [-0.15, -0.1) is 12.4 Å². The zero-order valence-electron chi connectivity index (χ0n) is 10.5. The number of hydrogen-bond acceptors (Lipinski definition) is 3. The van der Waals surface area contributed by atoms with Crippen LogP contribution in [0.3, 0.4) is 0 Å². The molecule has 0 unspecified atom stereocenters. The average molecular weight is 299 g/mol. The molecular weight excluding hydrogens is 281 g/mol. The molecule has 4 N–H and O–H groups in total. The second-order valence-corrected chi connectivity index (χ2v) is 3.99. The molecule has 7 heteroatoms. The third-order valence-electron chi connectivity index (χ3n) is 2.68. The lowest BCUT2D eigenvalue weighted by molar-refractivity contribution is -0.137. The highest BCUT2D eigenvalue weighted by molar-refractivity contribution is 5.85. The lowest BCUT2D eigenvalue weighted by Crippen LogP contribution is -2.14. The van der Waals surface area contributed by atoms with E-state index in [9.17, 15) is 13.2 Å². The molecule has 0 radical (unpaired) electrons. The highest BCUT2D eigenvalue weighted by Crippen LogP contribution is 2.35. The number of halogens is 4. The fourth-order valence-electron chi connectivity index (χ4n) is 1.69. The van der Waals surface area contributed by atoms with E-state index in [1.165, 1.54) is 13.2 Å². The van der Waals surface area contributed by atoms with Crippen LogP contribution in [0.4, 0.5) is 13.2 Å². The first kappa shape index (κ1) is 18.0. The van der Waals surface area contributed by atoms with Crippen LogP contribution in [0, 0.1) is 0 Å². The lowest BCUT2D eigenvalue weighted by Gasteiger charge is -2.17. The van der Waals surface area contributed by atoms with Crippen LogP contribution in [0.5, 0.6) is 5.75 Å². The van der Waals surface area contributed by atoms with E-state index in [0.29, 0.717) is 24.9 Å². The van der Waals surface area contributed by atoms with Gasteiger partial charge in [-0.1, -0.05) is 6.07 Å². The summed E-state index contributed by atoms with van der Waals surface area (Å²) < 4.78 is 42.6. The highest BCUT2D eigenvalue weighted by atomic mass is 35.5. The SMILES string of the molecule is COc1cc(C(F)(F)F)ccc1[C@H](N)CCCN.Cl. The minimum absolute atomic E-state index is 0. The second kappa shape index (κ2) is 7.57. The highest BCUT2D eigenvalue weighted by Gasteiger charge is 2.31. The van der Waals surface area contributed by atoms with E-state index < -0.39 is 11.7 Å². The van der Waals surface area contributed by atoms with Gasteiger partial charge in [0, 0.05) is 11.6 Å². The summed E-state index contributed by atoms with van der Waals surface area (Å²) in [7, 11) is 1.33. The molecule has 0 amide bonds. The zero-order valence-corrected chi connectivity index (χ0v) is 11.4. The fourth-order valence-corrected chi connectivity index (χ4v) is 1.69. The van der Waals surface area contributed by atoms with Gasteiger partial charge in [0.2, 0.25) is 0 Å². The van der Waals surface area contributed by atoms with E-state index in [2.05, 4.69) is 0 Å². The molecule has 1 rings (SSSR count). The Morgan fingerprint density at radius 1 is 1.32 bits per heavy atom. The Bertz CT molecular complexity index is 399. The van der Waals surface area contributed by atoms with Gasteiger partial charge in [-0.3, -0.25) is 0 Å². The maximum Gasteiger partial charge on any atom is 0.416 e. The lowest BCUT2D eigenvalue weighted by atomic mass is 10.00. The van der Waals surface area contributed by atoms with E-state index >= 15 is 0 Å². The number of alkyl halides is 3. The van der Waals surface area contributed by atoms with Crippen LogP contribution >= 0.6 is 12.4 Å². The number of ether oxygens (including phenoxy) is 1. The van der Waals surface area contributed by atoms with E-state index in [-0.39, 0.29) is 24.2 Å². The van der Waals surface area contributed by atoms with Crippen molar-refractivity contribution in [3.8, 4) is 5.75 Å². The van der Waals surface area contributed by atoms with Crippen LogP contribution in [0.1, 0.15) is 30.0 Å². The smallest absolute Gasteiger partial charge is 0.416 e. The molecule has 19 heavy (non-hydrogen) atoms. The quantitative estimate of drug-likeness (QED) is 0.878. The van der Waals surface area contributed by atoms with E-state index in [1.807, 2.05) is 0 Å². The third kappa shape index (κ3) is 4.89. The van der Waals surface area contributed by atoms with Gasteiger partial charge in [-0.25, -0.2) is 0 Å². The Morgan fingerprint density at radius 3 is 2.42 bits per heavy atom. The van der Waals surface area contributed by atoms with E-state index in [1.54, 1.807) is 0 Å². The van der Waals surface area contributed by atoms with Crippen LogP contribution < -0.4 is 16.2 Å². The molecule has 0 aromatic heterocycles. The summed E-state index contributed by atoms with van der Waals surface area (Å²) in [5.41, 5.74) is 11.1. The number of nitrogens with two attached hydrogens (primary N) is 2. The molecule has 110 valence electrons. The van der Waals surface area contributed by atoms with Gasteiger partial charge < -0.3 is 16.2 Å². The maximum absolute atomic E-state index is 12.5. The van der Waals surface area contributed by atoms with E-state index in [0.717, 1.165) is 12.1 Å². The standard InChI is InChI=1S/C12H17F3N2O.ClH/c1-18-11-7-8(12(13,14)15)4-5-9(11)10(17)3-2-6-16;/h4-5,7,10H,2-3,6,16-17H2,1H3;1H/t10-;/m1./s1. The van der Waals surface area contributed by atoms with Crippen LogP contribution in [0.2, 0.25) is 0 Å². The summed E-state index contributed by atoms with van der Waals surface area (Å²) in [4.78, 5) is 0. The first-order valence-electron chi connectivity index (χ1n) is 5.61. The van der Waals surface area contributed by atoms with Gasteiger partial charge in [0.25, 0.3) is 0 Å². The molecule has 0 aliphatic heterocycles. The van der Waals surface area contributed by atoms with Crippen LogP contribution in [0.15, 0.2) is 18.2 Å². The van der Waals surface area contributed by atoms with Crippen molar-refractivity contribution < 1.29 is 17.9 Å². The van der Waals surface area contributed by atoms with Crippen molar-refractivity contribution in [2.45, 2.75) is 25.1 Å². The van der Waals surface area contributed by atoms with Gasteiger partial charge in [0.15, 0.2) is 0 Å². The third-order valence-corrected chi connectivity index (χ3v) is 2.68. The van der Waals surface area contributed by atoms with Crippen LogP contribution in [-0.2, 0) is 6.18 Å². The molecule has 0 bridgehead atoms. The Labute approximate surface area is 116 Å². The van der Waals surface area contributed by atoms with Gasteiger partial charge in [0.05, 0.1) is 12.7 Å². The summed E-state index contributed by atoms with van der Waals surface area (Å²) in [5.74, 6) is 0.161. The molecule has 3 nitrogen and oxygen atoms in total. The summed E-state index contributed by atoms with van der Waals surface area (Å²) in [6.45, 7) is 0.497. The maximum atomic E-state index is 12.5. The predicted molar refractivity (Wildman–Crippen MR) is 70.5 cm³/mol. The summed E-state index contributed by atoms with van der Waals surface area (Å²) in [6, 6.07) is 2.98. The molecule has 0 aliphatic rings. The summed E-state index contributed by atoms with van der Waals surface area (Å²) >= 11 is 0. The Kier molecular flexibility index (Phi) is 7.18. The van der Waals surface area contributed by atoms with Crippen molar-refractivity contribution in [3.63, 3.8) is 0 Å². The van der Waals surface area contributed by atoms with Crippen LogP contribution in [0.25, 0.3) is 0 Å². The largest absolute Gasteiger partial charge is 0.496 e. The number of benzene rings is 1.